The van der Waals surface area contributed by atoms with Gasteiger partial charge in [0.05, 0.1) is 12.0 Å². The summed E-state index contributed by atoms with van der Waals surface area (Å²) >= 11 is 0. The number of hydrogen-bond donors (Lipinski definition) is 2. The lowest BCUT2D eigenvalue weighted by Crippen LogP contribution is -2.15. The Morgan fingerprint density at radius 3 is 2.61 bits per heavy atom. The molecule has 0 saturated heterocycles. The molecule has 0 fully saturated rings. The van der Waals surface area contributed by atoms with Crippen LogP contribution in [0.25, 0.3) is 22.6 Å². The average molecular weight is 374 g/mol. The number of nitrogens with zero attached hydrogens (tertiary/aromatic N) is 5. The van der Waals surface area contributed by atoms with Gasteiger partial charge in [-0.2, -0.15) is 0 Å². The number of phenolic OH excluding ortho intramolecular Hbond substituents is 1. The number of nitrogens with one attached hydrogen (secondary N) is 1. The fourth-order valence-corrected chi connectivity index (χ4v) is 3.04. The van der Waals surface area contributed by atoms with Gasteiger partial charge in [-0.3, -0.25) is 4.98 Å². The zero-order valence-electron chi connectivity index (χ0n) is 15.9. The monoisotopic (exact) mass is 374 g/mol. The van der Waals surface area contributed by atoms with Crippen LogP contribution in [-0.2, 0) is 13.1 Å². The second kappa shape index (κ2) is 7.74. The van der Waals surface area contributed by atoms with Gasteiger partial charge in [-0.1, -0.05) is 12.1 Å². The summed E-state index contributed by atoms with van der Waals surface area (Å²) in [7, 11) is 0. The molecule has 1 aromatic carbocycles. The maximum absolute atomic E-state index is 9.41. The highest BCUT2D eigenvalue weighted by molar-refractivity contribution is 5.76. The molecular formula is C21H22N6O. The molecule has 0 aliphatic carbocycles. The van der Waals surface area contributed by atoms with E-state index in [9.17, 15) is 5.11 Å². The van der Waals surface area contributed by atoms with Crippen LogP contribution >= 0.6 is 0 Å². The third-order valence-electron chi connectivity index (χ3n) is 4.53. The molecule has 0 bridgehead atoms. The minimum atomic E-state index is 0.249. The van der Waals surface area contributed by atoms with Gasteiger partial charge < -0.3 is 15.0 Å². The van der Waals surface area contributed by atoms with Crippen LogP contribution in [-0.4, -0.2) is 29.6 Å². The fraction of sp³-hybridized carbons (Fsp3) is 0.238. The zero-order chi connectivity index (χ0) is 19.5. The van der Waals surface area contributed by atoms with Crippen molar-refractivity contribution in [2.24, 2.45) is 0 Å². The molecule has 0 spiro atoms. The van der Waals surface area contributed by atoms with Crippen LogP contribution < -0.4 is 5.32 Å². The van der Waals surface area contributed by atoms with Gasteiger partial charge in [0.15, 0.2) is 11.5 Å². The topological polar surface area (TPSA) is 88.8 Å². The van der Waals surface area contributed by atoms with Gasteiger partial charge in [-0.25, -0.2) is 15.0 Å². The van der Waals surface area contributed by atoms with E-state index < -0.39 is 0 Å². The molecule has 0 atom stereocenters. The quantitative estimate of drug-likeness (QED) is 0.537. The van der Waals surface area contributed by atoms with Crippen LogP contribution in [0.15, 0.2) is 55.1 Å². The number of fused-ring (bicyclic) bond motifs is 1. The molecule has 0 aliphatic heterocycles. The summed E-state index contributed by atoms with van der Waals surface area (Å²) in [5.74, 6) is 0.908. The number of aromatic nitrogens is 5. The van der Waals surface area contributed by atoms with Crippen molar-refractivity contribution in [1.29, 1.82) is 0 Å². The predicted molar refractivity (Wildman–Crippen MR) is 108 cm³/mol. The van der Waals surface area contributed by atoms with Gasteiger partial charge in [0.1, 0.15) is 11.3 Å². The SMILES string of the molecule is CC(C)n1cnc2c(CNCc3ccc(O)cc3)nc(-c3cccnc3)nc21. The van der Waals surface area contributed by atoms with Crippen LogP contribution in [0.1, 0.15) is 31.1 Å². The molecule has 2 N–H and O–H groups in total. The van der Waals surface area contributed by atoms with Crippen molar-refractivity contribution in [2.45, 2.75) is 33.0 Å². The molecule has 7 heteroatoms. The minimum Gasteiger partial charge on any atom is -0.508 e. The summed E-state index contributed by atoms with van der Waals surface area (Å²) in [6, 6.07) is 11.2. The van der Waals surface area contributed by atoms with Gasteiger partial charge in [0, 0.05) is 37.1 Å². The fourth-order valence-electron chi connectivity index (χ4n) is 3.04. The van der Waals surface area contributed by atoms with E-state index in [4.69, 9.17) is 9.97 Å². The third kappa shape index (κ3) is 3.70. The molecule has 0 unspecified atom stereocenters. The van der Waals surface area contributed by atoms with Crippen LogP contribution in [0.5, 0.6) is 5.75 Å². The first-order valence-corrected chi connectivity index (χ1v) is 9.24. The van der Waals surface area contributed by atoms with Gasteiger partial charge >= 0.3 is 0 Å². The molecule has 0 radical (unpaired) electrons. The summed E-state index contributed by atoms with van der Waals surface area (Å²) in [4.78, 5) is 18.3. The Morgan fingerprint density at radius 1 is 1.07 bits per heavy atom. The lowest BCUT2D eigenvalue weighted by atomic mass is 10.2. The summed E-state index contributed by atoms with van der Waals surface area (Å²) in [5.41, 5.74) is 4.44. The lowest BCUT2D eigenvalue weighted by Gasteiger charge is -2.11. The van der Waals surface area contributed by atoms with Crippen LogP contribution in [0.3, 0.4) is 0 Å². The second-order valence-corrected chi connectivity index (χ2v) is 6.92. The smallest absolute Gasteiger partial charge is 0.164 e. The highest BCUT2D eigenvalue weighted by Gasteiger charge is 2.15. The third-order valence-corrected chi connectivity index (χ3v) is 4.53. The first kappa shape index (κ1) is 18.1. The molecule has 4 rings (SSSR count). The van der Waals surface area contributed by atoms with Gasteiger partial charge in [0.2, 0.25) is 0 Å². The van der Waals surface area contributed by atoms with Crippen molar-refractivity contribution in [3.8, 4) is 17.1 Å². The lowest BCUT2D eigenvalue weighted by molar-refractivity contribution is 0.475. The van der Waals surface area contributed by atoms with E-state index in [1.165, 1.54) is 0 Å². The Balaban J connectivity index is 1.66. The highest BCUT2D eigenvalue weighted by atomic mass is 16.3. The predicted octanol–water partition coefficient (Wildman–Crippen LogP) is 3.46. The number of pyridine rings is 1. The molecule has 0 aliphatic rings. The molecule has 0 saturated carbocycles. The van der Waals surface area contributed by atoms with Gasteiger partial charge in [0.25, 0.3) is 0 Å². The maximum atomic E-state index is 9.41. The number of hydrogen-bond acceptors (Lipinski definition) is 6. The van der Waals surface area contributed by atoms with Crippen molar-refractivity contribution in [3.05, 3.63) is 66.4 Å². The first-order valence-electron chi connectivity index (χ1n) is 9.24. The van der Waals surface area contributed by atoms with Crippen molar-refractivity contribution < 1.29 is 5.11 Å². The van der Waals surface area contributed by atoms with Crippen molar-refractivity contribution in [3.63, 3.8) is 0 Å². The van der Waals surface area contributed by atoms with E-state index in [-0.39, 0.29) is 11.8 Å². The standard InChI is InChI=1S/C21H22N6O/c1-14(2)27-13-24-19-18(12-23-10-15-5-7-17(28)8-6-15)25-20(26-21(19)27)16-4-3-9-22-11-16/h3-9,11,13-14,23,28H,10,12H2,1-2H3. The summed E-state index contributed by atoms with van der Waals surface area (Å²) in [6.45, 7) is 5.44. The molecule has 7 nitrogen and oxygen atoms in total. The molecule has 4 aromatic rings. The average Bonchev–Trinajstić information content (AvgIpc) is 3.14. The summed E-state index contributed by atoms with van der Waals surface area (Å²) in [5, 5.41) is 12.8. The van der Waals surface area contributed by atoms with E-state index in [1.807, 2.05) is 30.6 Å². The summed E-state index contributed by atoms with van der Waals surface area (Å²) < 4.78 is 2.06. The minimum absolute atomic E-state index is 0.249. The number of phenols is 1. The first-order chi connectivity index (χ1) is 13.6. The van der Waals surface area contributed by atoms with Crippen molar-refractivity contribution in [2.75, 3.05) is 0 Å². The van der Waals surface area contributed by atoms with Gasteiger partial charge in [-0.15, -0.1) is 0 Å². The Hall–Kier alpha value is -3.32. The molecule has 28 heavy (non-hydrogen) atoms. The Bertz CT molecular complexity index is 1070. The number of aromatic hydroxyl groups is 1. The van der Waals surface area contributed by atoms with Gasteiger partial charge in [-0.05, 0) is 43.7 Å². The van der Waals surface area contributed by atoms with Crippen LogP contribution in [0.2, 0.25) is 0 Å². The molecule has 3 heterocycles. The Labute approximate surface area is 163 Å². The normalized spacial score (nSPS) is 11.4. The van der Waals surface area contributed by atoms with Crippen molar-refractivity contribution >= 4 is 11.2 Å². The van der Waals surface area contributed by atoms with E-state index in [0.29, 0.717) is 18.9 Å². The van der Waals surface area contributed by atoms with E-state index in [0.717, 1.165) is 28.0 Å². The molecular weight excluding hydrogens is 352 g/mol. The van der Waals surface area contributed by atoms with Crippen molar-refractivity contribution in [1.82, 2.24) is 29.8 Å². The van der Waals surface area contributed by atoms with Crippen LogP contribution in [0, 0.1) is 0 Å². The molecule has 3 aromatic heterocycles. The van der Waals surface area contributed by atoms with E-state index in [2.05, 4.69) is 33.7 Å². The largest absolute Gasteiger partial charge is 0.508 e. The molecule has 0 amide bonds. The van der Waals surface area contributed by atoms with E-state index in [1.54, 1.807) is 24.5 Å². The van der Waals surface area contributed by atoms with Crippen LogP contribution in [0.4, 0.5) is 0 Å². The Kier molecular flexibility index (Phi) is 4.99. The maximum Gasteiger partial charge on any atom is 0.164 e. The number of benzene rings is 1. The van der Waals surface area contributed by atoms with E-state index >= 15 is 0 Å². The highest BCUT2D eigenvalue weighted by Crippen LogP contribution is 2.22. The zero-order valence-corrected chi connectivity index (χ0v) is 15.9. The number of imidazole rings is 1. The Morgan fingerprint density at radius 2 is 1.89 bits per heavy atom. The summed E-state index contributed by atoms with van der Waals surface area (Å²) in [6.07, 6.45) is 5.33. The number of rotatable bonds is 6. The second-order valence-electron chi connectivity index (χ2n) is 6.92. The molecule has 142 valence electrons.